The summed E-state index contributed by atoms with van der Waals surface area (Å²) >= 11 is 0. The number of pyridine rings is 2. The molecule has 0 bridgehead atoms. The molecule has 10 rings (SSSR count). The summed E-state index contributed by atoms with van der Waals surface area (Å²) in [7, 11) is 0. The highest BCUT2D eigenvalue weighted by atomic mass is 15.1. The van der Waals surface area contributed by atoms with E-state index in [-0.39, 0.29) is 0 Å². The third-order valence-corrected chi connectivity index (χ3v) is 10.2. The molecule has 0 saturated carbocycles. The summed E-state index contributed by atoms with van der Waals surface area (Å²) in [6.45, 7) is 2.37. The summed E-state index contributed by atoms with van der Waals surface area (Å²) < 4.78 is 4.73. The van der Waals surface area contributed by atoms with E-state index in [1.54, 1.807) is 24.8 Å². The molecule has 6 heteroatoms. The Hall–Kier alpha value is -6.66. The zero-order valence-electron chi connectivity index (χ0n) is 28.0. The molecule has 6 nitrogen and oxygen atoms in total. The van der Waals surface area contributed by atoms with Gasteiger partial charge in [-0.05, 0) is 84.3 Å². The van der Waals surface area contributed by atoms with Crippen LogP contribution in [0.5, 0.6) is 0 Å². The first-order valence-electron chi connectivity index (χ1n) is 17.3. The maximum Gasteiger partial charge on any atom is 0.162 e. The van der Waals surface area contributed by atoms with Gasteiger partial charge >= 0.3 is 0 Å². The summed E-state index contributed by atoms with van der Waals surface area (Å²) in [6, 6.07) is 45.1. The SMILES string of the molecule is CC1CC(c2ccc3c(c2)c2ccccc2n3-c2cc(-c3ccncc3)nc(-c3ccncc3)n2)=Cc2c1n(-c1ccccc1)c1ccccc21. The monoisotopic (exact) mass is 656 g/mol. The maximum absolute atomic E-state index is 5.17. The van der Waals surface area contributed by atoms with Gasteiger partial charge in [0.1, 0.15) is 5.82 Å². The molecule has 0 radical (unpaired) electrons. The molecular weight excluding hydrogens is 625 g/mol. The second-order valence-electron chi connectivity index (χ2n) is 13.3. The van der Waals surface area contributed by atoms with Crippen molar-refractivity contribution in [1.82, 2.24) is 29.1 Å². The van der Waals surface area contributed by atoms with Crippen molar-refractivity contribution in [3.8, 4) is 34.2 Å². The van der Waals surface area contributed by atoms with Gasteiger partial charge in [0.05, 0.1) is 22.2 Å². The third kappa shape index (κ3) is 4.79. The van der Waals surface area contributed by atoms with Crippen molar-refractivity contribution >= 4 is 44.4 Å². The Morgan fingerprint density at radius 3 is 1.96 bits per heavy atom. The molecule has 1 aliphatic rings. The number of hydrogen-bond donors (Lipinski definition) is 0. The Balaban J connectivity index is 1.16. The van der Waals surface area contributed by atoms with Crippen LogP contribution in [0, 0.1) is 0 Å². The largest absolute Gasteiger partial charge is 0.313 e. The van der Waals surface area contributed by atoms with Gasteiger partial charge in [-0.2, -0.15) is 0 Å². The van der Waals surface area contributed by atoms with Crippen LogP contribution in [0.15, 0.2) is 152 Å². The maximum atomic E-state index is 5.17. The smallest absolute Gasteiger partial charge is 0.162 e. The number of para-hydroxylation sites is 3. The highest BCUT2D eigenvalue weighted by Gasteiger charge is 2.27. The zero-order valence-corrected chi connectivity index (χ0v) is 28.0. The molecule has 9 aromatic rings. The van der Waals surface area contributed by atoms with E-state index in [4.69, 9.17) is 9.97 Å². The lowest BCUT2D eigenvalue weighted by Gasteiger charge is -2.24. The van der Waals surface area contributed by atoms with Crippen LogP contribution in [0.3, 0.4) is 0 Å². The molecule has 0 spiro atoms. The van der Waals surface area contributed by atoms with Crippen LogP contribution in [-0.2, 0) is 0 Å². The minimum absolute atomic E-state index is 0.337. The van der Waals surface area contributed by atoms with Crippen LogP contribution < -0.4 is 0 Å². The van der Waals surface area contributed by atoms with Gasteiger partial charge in [-0.25, -0.2) is 9.97 Å². The third-order valence-electron chi connectivity index (χ3n) is 10.2. The molecule has 1 atom stereocenters. The zero-order chi connectivity index (χ0) is 33.9. The van der Waals surface area contributed by atoms with Crippen molar-refractivity contribution in [1.29, 1.82) is 0 Å². The molecule has 4 aromatic carbocycles. The van der Waals surface area contributed by atoms with Crippen molar-refractivity contribution in [3.63, 3.8) is 0 Å². The Kier molecular flexibility index (Phi) is 6.74. The number of rotatable bonds is 5. The summed E-state index contributed by atoms with van der Waals surface area (Å²) in [5.41, 5.74) is 12.7. The number of aromatic nitrogens is 6. The van der Waals surface area contributed by atoms with E-state index in [0.717, 1.165) is 40.1 Å². The summed E-state index contributed by atoms with van der Waals surface area (Å²) in [6.07, 6.45) is 10.6. The summed E-state index contributed by atoms with van der Waals surface area (Å²) in [5, 5.41) is 3.68. The summed E-state index contributed by atoms with van der Waals surface area (Å²) in [4.78, 5) is 18.6. The molecule has 0 amide bonds. The molecule has 1 unspecified atom stereocenters. The first-order chi connectivity index (χ1) is 25.2. The number of nitrogens with zero attached hydrogens (tertiary/aromatic N) is 6. The second kappa shape index (κ2) is 11.7. The van der Waals surface area contributed by atoms with Gasteiger partial charge in [0.25, 0.3) is 0 Å². The normalized spacial score (nSPS) is 14.2. The minimum Gasteiger partial charge on any atom is -0.313 e. The van der Waals surface area contributed by atoms with Gasteiger partial charge in [-0.3, -0.25) is 14.5 Å². The van der Waals surface area contributed by atoms with Crippen LogP contribution in [0.25, 0.3) is 78.5 Å². The predicted molar refractivity (Wildman–Crippen MR) is 207 cm³/mol. The quantitative estimate of drug-likeness (QED) is 0.185. The molecule has 0 N–H and O–H groups in total. The van der Waals surface area contributed by atoms with Gasteiger partial charge in [-0.1, -0.05) is 67.6 Å². The van der Waals surface area contributed by atoms with Gasteiger partial charge in [0.15, 0.2) is 5.82 Å². The first kappa shape index (κ1) is 29.3. The molecular formula is C45H32N6. The van der Waals surface area contributed by atoms with E-state index in [2.05, 4.69) is 135 Å². The summed E-state index contributed by atoms with van der Waals surface area (Å²) in [5.74, 6) is 1.80. The molecule has 0 saturated heterocycles. The number of allylic oxidation sites excluding steroid dienone is 1. The fourth-order valence-corrected chi connectivity index (χ4v) is 7.91. The Labute approximate surface area is 295 Å². The van der Waals surface area contributed by atoms with E-state index < -0.39 is 0 Å². The van der Waals surface area contributed by atoms with E-state index in [1.165, 1.54) is 49.8 Å². The first-order valence-corrected chi connectivity index (χ1v) is 17.3. The predicted octanol–water partition coefficient (Wildman–Crippen LogP) is 10.7. The van der Waals surface area contributed by atoms with Gasteiger partial charge in [0.2, 0.25) is 0 Å². The van der Waals surface area contributed by atoms with Crippen LogP contribution in [0.4, 0.5) is 0 Å². The fourth-order valence-electron chi connectivity index (χ4n) is 7.91. The fraction of sp³-hybridized carbons (Fsp3) is 0.0667. The average molecular weight is 657 g/mol. The van der Waals surface area contributed by atoms with Crippen molar-refractivity contribution in [3.05, 3.63) is 169 Å². The number of fused-ring (bicyclic) bond motifs is 6. The van der Waals surface area contributed by atoms with Crippen molar-refractivity contribution in [2.45, 2.75) is 19.3 Å². The Bertz CT molecular complexity index is 2720. The second-order valence-corrected chi connectivity index (χ2v) is 13.3. The molecule has 1 aliphatic carbocycles. The van der Waals surface area contributed by atoms with E-state index in [1.807, 2.05) is 24.3 Å². The number of benzene rings is 4. The van der Waals surface area contributed by atoms with Gasteiger partial charge in [-0.15, -0.1) is 0 Å². The van der Waals surface area contributed by atoms with Crippen LogP contribution in [0.1, 0.15) is 36.1 Å². The standard InChI is InChI=1S/C45H32N6/c1-29-25-33(27-38-36-12-6-7-13-40(36)50(44(29)38)34-9-3-2-4-10-34)32-15-16-42-37(26-32)35-11-5-8-14-41(35)51(42)43-28-39(30-17-21-46-22-18-30)48-45(49-43)31-19-23-47-24-20-31/h2-24,26-29H,25H2,1H3. The molecule has 51 heavy (non-hydrogen) atoms. The van der Waals surface area contributed by atoms with Crippen molar-refractivity contribution < 1.29 is 0 Å². The van der Waals surface area contributed by atoms with Gasteiger partial charge < -0.3 is 4.57 Å². The van der Waals surface area contributed by atoms with Gasteiger partial charge in [0, 0.05) is 81.0 Å². The van der Waals surface area contributed by atoms with Crippen molar-refractivity contribution in [2.75, 3.05) is 0 Å². The van der Waals surface area contributed by atoms with Crippen LogP contribution in [-0.4, -0.2) is 29.1 Å². The van der Waals surface area contributed by atoms with Crippen LogP contribution in [0.2, 0.25) is 0 Å². The molecule has 5 heterocycles. The van der Waals surface area contributed by atoms with E-state index in [9.17, 15) is 0 Å². The lowest BCUT2D eigenvalue weighted by atomic mass is 9.84. The molecule has 0 fully saturated rings. The lowest BCUT2D eigenvalue weighted by Crippen LogP contribution is -2.09. The highest BCUT2D eigenvalue weighted by molar-refractivity contribution is 6.10. The number of hydrogen-bond acceptors (Lipinski definition) is 4. The lowest BCUT2D eigenvalue weighted by molar-refractivity contribution is 0.733. The Morgan fingerprint density at radius 2 is 1.20 bits per heavy atom. The van der Waals surface area contributed by atoms with E-state index >= 15 is 0 Å². The average Bonchev–Trinajstić information content (AvgIpc) is 3.72. The molecule has 5 aromatic heterocycles. The van der Waals surface area contributed by atoms with E-state index in [0.29, 0.717) is 11.7 Å². The van der Waals surface area contributed by atoms with Crippen LogP contribution >= 0.6 is 0 Å². The molecule has 0 aliphatic heterocycles. The molecule has 242 valence electrons. The van der Waals surface area contributed by atoms with Crippen molar-refractivity contribution in [2.24, 2.45) is 0 Å². The Morgan fingerprint density at radius 1 is 0.549 bits per heavy atom. The topological polar surface area (TPSA) is 61.4 Å². The highest BCUT2D eigenvalue weighted by Crippen LogP contribution is 2.45. The minimum atomic E-state index is 0.337.